The fraction of sp³-hybridized carbons (Fsp3) is 0.333. The molecule has 0 saturated carbocycles. The average Bonchev–Trinajstić information content (AvgIpc) is 2.91. The molecule has 1 N–H and O–H groups in total. The summed E-state index contributed by atoms with van der Waals surface area (Å²) in [5.41, 5.74) is 0. The van der Waals surface area contributed by atoms with Crippen LogP contribution in [0, 0.1) is 5.82 Å². The fourth-order valence-electron chi connectivity index (χ4n) is 1.86. The van der Waals surface area contributed by atoms with E-state index in [2.05, 4.69) is 10.4 Å². The molecule has 0 aliphatic heterocycles. The SMILES string of the molecule is CC(C)n1nccc1NC(=O)[C@@H](C)Sc1ccc(F)c(Cl)c1. The Morgan fingerprint density at radius 1 is 1.36 bits per heavy atom. The predicted octanol–water partition coefficient (Wildman–Crippen LogP) is 4.38. The molecule has 1 aromatic carbocycles. The Morgan fingerprint density at radius 3 is 2.73 bits per heavy atom. The Balaban J connectivity index is 2.02. The Labute approximate surface area is 138 Å². The third-order valence-corrected chi connectivity index (χ3v) is 4.37. The van der Waals surface area contributed by atoms with Gasteiger partial charge in [-0.15, -0.1) is 11.8 Å². The number of hydrogen-bond acceptors (Lipinski definition) is 3. The van der Waals surface area contributed by atoms with E-state index in [0.29, 0.717) is 5.82 Å². The molecule has 2 rings (SSSR count). The van der Waals surface area contributed by atoms with Gasteiger partial charge in [0.25, 0.3) is 0 Å². The maximum absolute atomic E-state index is 13.1. The highest BCUT2D eigenvalue weighted by Gasteiger charge is 2.17. The second-order valence-electron chi connectivity index (χ2n) is 5.08. The lowest BCUT2D eigenvalue weighted by Gasteiger charge is -2.15. The molecule has 1 amide bonds. The van der Waals surface area contributed by atoms with E-state index in [9.17, 15) is 9.18 Å². The molecule has 1 atom stereocenters. The minimum absolute atomic E-state index is 0.0514. The van der Waals surface area contributed by atoms with Crippen LogP contribution in [0.15, 0.2) is 35.4 Å². The molecule has 0 aliphatic carbocycles. The van der Waals surface area contributed by atoms with Gasteiger partial charge in [-0.3, -0.25) is 4.79 Å². The number of nitrogens with one attached hydrogen (secondary N) is 1. The van der Waals surface area contributed by atoms with Crippen molar-refractivity contribution in [1.82, 2.24) is 9.78 Å². The van der Waals surface area contributed by atoms with Gasteiger partial charge in [0.2, 0.25) is 5.91 Å². The van der Waals surface area contributed by atoms with Gasteiger partial charge in [0, 0.05) is 17.0 Å². The van der Waals surface area contributed by atoms with Crippen LogP contribution in [0.5, 0.6) is 0 Å². The molecule has 0 radical (unpaired) electrons. The smallest absolute Gasteiger partial charge is 0.238 e. The van der Waals surface area contributed by atoms with E-state index in [0.717, 1.165) is 4.90 Å². The Bertz CT molecular complexity index is 675. The lowest BCUT2D eigenvalue weighted by Crippen LogP contribution is -2.24. The van der Waals surface area contributed by atoms with Crippen LogP contribution in [0.25, 0.3) is 0 Å². The molecule has 1 heterocycles. The van der Waals surface area contributed by atoms with E-state index in [1.807, 2.05) is 13.8 Å². The number of anilines is 1. The summed E-state index contributed by atoms with van der Waals surface area (Å²) in [6.45, 7) is 5.76. The van der Waals surface area contributed by atoms with Crippen molar-refractivity contribution in [2.45, 2.75) is 37.0 Å². The van der Waals surface area contributed by atoms with Crippen molar-refractivity contribution in [3.05, 3.63) is 41.3 Å². The largest absolute Gasteiger partial charge is 0.310 e. The van der Waals surface area contributed by atoms with E-state index in [-0.39, 0.29) is 22.2 Å². The number of benzene rings is 1. The standard InChI is InChI=1S/C15H17ClFN3OS/c1-9(2)20-14(6-7-18-20)19-15(21)10(3)22-11-4-5-13(17)12(16)8-11/h4-10H,1-3H3,(H,19,21)/t10-/m1/s1. The van der Waals surface area contributed by atoms with E-state index >= 15 is 0 Å². The monoisotopic (exact) mass is 341 g/mol. The van der Waals surface area contributed by atoms with Crippen molar-refractivity contribution in [2.75, 3.05) is 5.32 Å². The number of nitrogens with zero attached hydrogens (tertiary/aromatic N) is 2. The molecule has 118 valence electrons. The molecule has 0 unspecified atom stereocenters. The first-order chi connectivity index (χ1) is 10.4. The second-order valence-corrected chi connectivity index (χ2v) is 6.90. The van der Waals surface area contributed by atoms with Crippen molar-refractivity contribution < 1.29 is 9.18 Å². The molecule has 0 saturated heterocycles. The number of thioether (sulfide) groups is 1. The summed E-state index contributed by atoms with van der Waals surface area (Å²) < 4.78 is 14.9. The van der Waals surface area contributed by atoms with Crippen molar-refractivity contribution in [3.8, 4) is 0 Å². The summed E-state index contributed by atoms with van der Waals surface area (Å²) >= 11 is 7.06. The maximum Gasteiger partial charge on any atom is 0.238 e. The molecule has 2 aromatic rings. The minimum atomic E-state index is -0.469. The number of halogens is 2. The molecule has 0 aliphatic rings. The van der Waals surface area contributed by atoms with Gasteiger partial charge in [0.15, 0.2) is 0 Å². The van der Waals surface area contributed by atoms with Crippen LogP contribution in [0.1, 0.15) is 26.8 Å². The number of rotatable bonds is 5. The van der Waals surface area contributed by atoms with Gasteiger partial charge in [0.05, 0.1) is 16.5 Å². The molecule has 4 nitrogen and oxygen atoms in total. The zero-order chi connectivity index (χ0) is 16.3. The maximum atomic E-state index is 13.1. The summed E-state index contributed by atoms with van der Waals surface area (Å²) in [5.74, 6) is 0.0430. The van der Waals surface area contributed by atoms with Gasteiger partial charge in [0.1, 0.15) is 11.6 Å². The zero-order valence-electron chi connectivity index (χ0n) is 12.5. The van der Waals surface area contributed by atoms with Crippen LogP contribution in [-0.2, 0) is 4.79 Å². The lowest BCUT2D eigenvalue weighted by molar-refractivity contribution is -0.115. The van der Waals surface area contributed by atoms with Crippen LogP contribution >= 0.6 is 23.4 Å². The van der Waals surface area contributed by atoms with Crippen LogP contribution in [0.2, 0.25) is 5.02 Å². The van der Waals surface area contributed by atoms with Gasteiger partial charge in [-0.05, 0) is 39.0 Å². The molecule has 22 heavy (non-hydrogen) atoms. The highest BCUT2D eigenvalue weighted by atomic mass is 35.5. The first-order valence-electron chi connectivity index (χ1n) is 6.84. The number of aromatic nitrogens is 2. The Hall–Kier alpha value is -1.53. The van der Waals surface area contributed by atoms with E-state index < -0.39 is 5.82 Å². The summed E-state index contributed by atoms with van der Waals surface area (Å²) in [5, 5.41) is 6.72. The van der Waals surface area contributed by atoms with Crippen LogP contribution in [0.3, 0.4) is 0 Å². The average molecular weight is 342 g/mol. The number of carbonyl (C=O) groups excluding carboxylic acids is 1. The topological polar surface area (TPSA) is 46.9 Å². The van der Waals surface area contributed by atoms with Crippen LogP contribution < -0.4 is 5.32 Å². The van der Waals surface area contributed by atoms with Gasteiger partial charge in [-0.25, -0.2) is 9.07 Å². The Kier molecular flexibility index (Phi) is 5.47. The normalized spacial score (nSPS) is 12.5. The van der Waals surface area contributed by atoms with Gasteiger partial charge in [-0.1, -0.05) is 11.6 Å². The first kappa shape index (κ1) is 16.8. The Morgan fingerprint density at radius 2 is 2.09 bits per heavy atom. The van der Waals surface area contributed by atoms with E-state index in [1.165, 1.54) is 23.9 Å². The van der Waals surface area contributed by atoms with Crippen LogP contribution in [0.4, 0.5) is 10.2 Å². The lowest BCUT2D eigenvalue weighted by atomic mass is 10.3. The minimum Gasteiger partial charge on any atom is -0.310 e. The molecule has 0 fully saturated rings. The van der Waals surface area contributed by atoms with Gasteiger partial charge < -0.3 is 5.32 Å². The summed E-state index contributed by atoms with van der Waals surface area (Å²) in [4.78, 5) is 13.0. The van der Waals surface area contributed by atoms with Crippen molar-refractivity contribution in [1.29, 1.82) is 0 Å². The number of amides is 1. The quantitative estimate of drug-likeness (QED) is 0.821. The molecule has 7 heteroatoms. The molecule has 0 spiro atoms. The van der Waals surface area contributed by atoms with Crippen molar-refractivity contribution >= 4 is 35.1 Å². The third-order valence-electron chi connectivity index (χ3n) is 2.98. The molecule has 0 bridgehead atoms. The van der Waals surface area contributed by atoms with Crippen molar-refractivity contribution in [2.24, 2.45) is 0 Å². The summed E-state index contributed by atoms with van der Waals surface area (Å²) in [7, 11) is 0. The second kappa shape index (κ2) is 7.15. The predicted molar refractivity (Wildman–Crippen MR) is 88.0 cm³/mol. The van der Waals surface area contributed by atoms with Crippen molar-refractivity contribution in [3.63, 3.8) is 0 Å². The van der Waals surface area contributed by atoms with Crippen LogP contribution in [-0.4, -0.2) is 20.9 Å². The van der Waals surface area contributed by atoms with E-state index in [1.54, 1.807) is 29.9 Å². The highest BCUT2D eigenvalue weighted by Crippen LogP contribution is 2.28. The summed E-state index contributed by atoms with van der Waals surface area (Å²) in [6.07, 6.45) is 1.65. The fourth-order valence-corrected chi connectivity index (χ4v) is 3.01. The molecular formula is C15H17ClFN3OS. The first-order valence-corrected chi connectivity index (χ1v) is 8.10. The van der Waals surface area contributed by atoms with Gasteiger partial charge >= 0.3 is 0 Å². The number of carbonyl (C=O) groups is 1. The molecule has 1 aromatic heterocycles. The third kappa shape index (κ3) is 4.01. The molecular weight excluding hydrogens is 325 g/mol. The highest BCUT2D eigenvalue weighted by molar-refractivity contribution is 8.00. The van der Waals surface area contributed by atoms with Gasteiger partial charge in [-0.2, -0.15) is 5.10 Å². The number of hydrogen-bond donors (Lipinski definition) is 1. The summed E-state index contributed by atoms with van der Waals surface area (Å²) in [6, 6.07) is 6.33. The zero-order valence-corrected chi connectivity index (χ0v) is 14.1. The van der Waals surface area contributed by atoms with E-state index in [4.69, 9.17) is 11.6 Å².